The fourth-order valence-corrected chi connectivity index (χ4v) is 2.31. The summed E-state index contributed by atoms with van der Waals surface area (Å²) in [6.45, 7) is 9.19. The van der Waals surface area contributed by atoms with Gasteiger partial charge in [0, 0.05) is 17.7 Å². The Labute approximate surface area is 121 Å². The first-order chi connectivity index (χ1) is 9.41. The summed E-state index contributed by atoms with van der Waals surface area (Å²) in [6, 6.07) is 3.06. The molecule has 1 rings (SSSR count). The molecule has 3 nitrogen and oxygen atoms in total. The van der Waals surface area contributed by atoms with Crippen LogP contribution in [0.3, 0.4) is 0 Å². The van der Waals surface area contributed by atoms with Crippen LogP contribution in [0, 0.1) is 11.2 Å². The molecule has 1 atom stereocenters. The molecule has 4 heteroatoms. The standard InChI is InChI=1S/C16H26FNO2/c1-7-16(3,4)15(18-8-2)11-9-13(19-5)14(20-6)10-12(11)17/h9-10,15,18H,7-8H2,1-6H3. The zero-order chi connectivity index (χ0) is 15.3. The van der Waals surface area contributed by atoms with Crippen molar-refractivity contribution in [2.45, 2.75) is 40.2 Å². The SMILES string of the molecule is CCNC(c1cc(OC)c(OC)cc1F)C(C)(C)CC. The van der Waals surface area contributed by atoms with Gasteiger partial charge in [-0.25, -0.2) is 4.39 Å². The number of hydrogen-bond acceptors (Lipinski definition) is 3. The Bertz CT molecular complexity index is 446. The average Bonchev–Trinajstić information content (AvgIpc) is 2.44. The lowest BCUT2D eigenvalue weighted by molar-refractivity contribution is 0.231. The monoisotopic (exact) mass is 283 g/mol. The van der Waals surface area contributed by atoms with Gasteiger partial charge in [0.2, 0.25) is 0 Å². The Morgan fingerprint density at radius 1 is 1.15 bits per heavy atom. The quantitative estimate of drug-likeness (QED) is 0.822. The molecule has 1 N–H and O–H groups in total. The van der Waals surface area contributed by atoms with Gasteiger partial charge in [-0.15, -0.1) is 0 Å². The molecule has 0 bridgehead atoms. The molecule has 1 aromatic rings. The van der Waals surface area contributed by atoms with Crippen molar-refractivity contribution in [3.8, 4) is 11.5 Å². The van der Waals surface area contributed by atoms with Gasteiger partial charge in [-0.1, -0.05) is 27.7 Å². The van der Waals surface area contributed by atoms with E-state index in [0.717, 1.165) is 13.0 Å². The summed E-state index contributed by atoms with van der Waals surface area (Å²) in [5, 5.41) is 3.38. The van der Waals surface area contributed by atoms with E-state index in [0.29, 0.717) is 17.1 Å². The third-order valence-corrected chi connectivity index (χ3v) is 3.91. The van der Waals surface area contributed by atoms with Crippen molar-refractivity contribution >= 4 is 0 Å². The minimum absolute atomic E-state index is 0.0591. The van der Waals surface area contributed by atoms with E-state index in [1.165, 1.54) is 13.2 Å². The molecule has 20 heavy (non-hydrogen) atoms. The van der Waals surface area contributed by atoms with E-state index >= 15 is 0 Å². The Hall–Kier alpha value is -1.29. The first kappa shape index (κ1) is 16.8. The third kappa shape index (κ3) is 3.42. The molecular formula is C16H26FNO2. The molecule has 0 spiro atoms. The number of rotatable bonds is 7. The largest absolute Gasteiger partial charge is 0.493 e. The number of benzene rings is 1. The van der Waals surface area contributed by atoms with Gasteiger partial charge in [0.1, 0.15) is 5.82 Å². The predicted molar refractivity (Wildman–Crippen MR) is 80.0 cm³/mol. The van der Waals surface area contributed by atoms with Crippen LogP contribution in [0.4, 0.5) is 4.39 Å². The summed E-state index contributed by atoms with van der Waals surface area (Å²) in [5.41, 5.74) is 0.563. The first-order valence-electron chi connectivity index (χ1n) is 7.06. The lowest BCUT2D eigenvalue weighted by atomic mass is 9.78. The topological polar surface area (TPSA) is 30.5 Å². The van der Waals surface area contributed by atoms with Crippen molar-refractivity contribution in [3.63, 3.8) is 0 Å². The summed E-state index contributed by atoms with van der Waals surface area (Å²) < 4.78 is 24.8. The molecule has 0 radical (unpaired) electrons. The molecule has 0 amide bonds. The van der Waals surface area contributed by atoms with E-state index in [2.05, 4.69) is 26.1 Å². The average molecular weight is 283 g/mol. The molecular weight excluding hydrogens is 257 g/mol. The molecule has 0 fully saturated rings. The Morgan fingerprint density at radius 2 is 1.70 bits per heavy atom. The molecule has 0 saturated carbocycles. The Kier molecular flexibility index (Phi) is 5.81. The zero-order valence-corrected chi connectivity index (χ0v) is 13.3. The van der Waals surface area contributed by atoms with Gasteiger partial charge in [0.25, 0.3) is 0 Å². The number of halogens is 1. The van der Waals surface area contributed by atoms with E-state index in [1.807, 2.05) is 6.92 Å². The van der Waals surface area contributed by atoms with Crippen LogP contribution in [0.2, 0.25) is 0 Å². The van der Waals surface area contributed by atoms with Gasteiger partial charge in [-0.05, 0) is 24.4 Å². The van der Waals surface area contributed by atoms with E-state index in [4.69, 9.17) is 9.47 Å². The highest BCUT2D eigenvalue weighted by molar-refractivity contribution is 5.45. The highest BCUT2D eigenvalue weighted by atomic mass is 19.1. The summed E-state index contributed by atoms with van der Waals surface area (Å²) in [6.07, 6.45) is 0.943. The minimum atomic E-state index is -0.268. The summed E-state index contributed by atoms with van der Waals surface area (Å²) in [5.74, 6) is 0.701. The smallest absolute Gasteiger partial charge is 0.163 e. The minimum Gasteiger partial charge on any atom is -0.493 e. The summed E-state index contributed by atoms with van der Waals surface area (Å²) >= 11 is 0. The normalized spacial score (nSPS) is 13.2. The molecule has 0 heterocycles. The van der Waals surface area contributed by atoms with E-state index in [-0.39, 0.29) is 17.3 Å². The third-order valence-electron chi connectivity index (χ3n) is 3.91. The van der Waals surface area contributed by atoms with Crippen LogP contribution < -0.4 is 14.8 Å². The second-order valence-corrected chi connectivity index (χ2v) is 5.56. The molecule has 0 saturated heterocycles. The van der Waals surface area contributed by atoms with Crippen LogP contribution in [0.5, 0.6) is 11.5 Å². The maximum Gasteiger partial charge on any atom is 0.163 e. The van der Waals surface area contributed by atoms with Crippen LogP contribution in [-0.4, -0.2) is 20.8 Å². The van der Waals surface area contributed by atoms with Crippen molar-refractivity contribution in [2.75, 3.05) is 20.8 Å². The maximum atomic E-state index is 14.4. The second-order valence-electron chi connectivity index (χ2n) is 5.56. The summed E-state index contributed by atoms with van der Waals surface area (Å²) in [4.78, 5) is 0. The van der Waals surface area contributed by atoms with Crippen molar-refractivity contribution in [3.05, 3.63) is 23.5 Å². The molecule has 1 unspecified atom stereocenters. The molecule has 0 aliphatic heterocycles. The van der Waals surface area contributed by atoms with Crippen molar-refractivity contribution in [1.82, 2.24) is 5.32 Å². The molecule has 0 aliphatic rings. The number of methoxy groups -OCH3 is 2. The first-order valence-corrected chi connectivity index (χ1v) is 7.06. The number of ether oxygens (including phenoxy) is 2. The van der Waals surface area contributed by atoms with E-state index in [9.17, 15) is 4.39 Å². The van der Waals surface area contributed by atoms with Crippen molar-refractivity contribution < 1.29 is 13.9 Å². The molecule has 0 aromatic heterocycles. The summed E-state index contributed by atoms with van der Waals surface area (Å²) in [7, 11) is 3.07. The van der Waals surface area contributed by atoms with Crippen LogP contribution in [0.15, 0.2) is 12.1 Å². The van der Waals surface area contributed by atoms with E-state index < -0.39 is 0 Å². The van der Waals surface area contributed by atoms with Gasteiger partial charge in [-0.3, -0.25) is 0 Å². The molecule has 1 aromatic carbocycles. The predicted octanol–water partition coefficient (Wildman–Crippen LogP) is 3.93. The maximum absolute atomic E-state index is 14.4. The lowest BCUT2D eigenvalue weighted by Crippen LogP contribution is -2.34. The highest BCUT2D eigenvalue weighted by Gasteiger charge is 2.31. The Morgan fingerprint density at radius 3 is 2.15 bits per heavy atom. The van der Waals surface area contributed by atoms with Crippen LogP contribution in [-0.2, 0) is 0 Å². The highest BCUT2D eigenvalue weighted by Crippen LogP contribution is 2.40. The van der Waals surface area contributed by atoms with Crippen LogP contribution in [0.1, 0.15) is 45.7 Å². The lowest BCUT2D eigenvalue weighted by Gasteiger charge is -2.35. The fourth-order valence-electron chi connectivity index (χ4n) is 2.31. The van der Waals surface area contributed by atoms with Crippen molar-refractivity contribution in [1.29, 1.82) is 0 Å². The van der Waals surface area contributed by atoms with Gasteiger partial charge in [0.05, 0.1) is 14.2 Å². The molecule has 114 valence electrons. The van der Waals surface area contributed by atoms with E-state index in [1.54, 1.807) is 13.2 Å². The van der Waals surface area contributed by atoms with Gasteiger partial charge < -0.3 is 14.8 Å². The molecule has 0 aliphatic carbocycles. The second kappa shape index (κ2) is 6.93. The van der Waals surface area contributed by atoms with Crippen molar-refractivity contribution in [2.24, 2.45) is 5.41 Å². The Balaban J connectivity index is 3.33. The van der Waals surface area contributed by atoms with Gasteiger partial charge in [0.15, 0.2) is 11.5 Å². The van der Waals surface area contributed by atoms with Gasteiger partial charge in [-0.2, -0.15) is 0 Å². The zero-order valence-electron chi connectivity index (χ0n) is 13.3. The fraction of sp³-hybridized carbons (Fsp3) is 0.625. The number of hydrogen-bond donors (Lipinski definition) is 1. The van der Waals surface area contributed by atoms with Crippen LogP contribution in [0.25, 0.3) is 0 Å². The number of nitrogens with one attached hydrogen (secondary N) is 1. The van der Waals surface area contributed by atoms with Gasteiger partial charge >= 0.3 is 0 Å². The van der Waals surface area contributed by atoms with Crippen LogP contribution >= 0.6 is 0 Å².